The van der Waals surface area contributed by atoms with Gasteiger partial charge < -0.3 is 23.8 Å². The fourth-order valence-electron chi connectivity index (χ4n) is 4.13. The number of hydrogen-bond donors (Lipinski definition) is 0. The molecule has 0 aromatic heterocycles. The number of oxime groups is 1. The van der Waals surface area contributed by atoms with E-state index in [9.17, 15) is 4.79 Å². The molecule has 0 saturated carbocycles. The van der Waals surface area contributed by atoms with Crippen LogP contribution in [0.25, 0.3) is 0 Å². The first kappa shape index (κ1) is 26.2. The van der Waals surface area contributed by atoms with Gasteiger partial charge in [-0.1, -0.05) is 59.3 Å². The van der Waals surface area contributed by atoms with Gasteiger partial charge in [0.25, 0.3) is 0 Å². The minimum absolute atomic E-state index is 0.198. The van der Waals surface area contributed by atoms with Gasteiger partial charge >= 0.3 is 5.97 Å². The van der Waals surface area contributed by atoms with Gasteiger partial charge in [0.05, 0.1) is 31.7 Å². The van der Waals surface area contributed by atoms with Gasteiger partial charge in [0.1, 0.15) is 37.5 Å². The van der Waals surface area contributed by atoms with Gasteiger partial charge in [-0.3, -0.25) is 4.79 Å². The summed E-state index contributed by atoms with van der Waals surface area (Å²) in [6.45, 7) is 6.00. The molecule has 1 saturated heterocycles. The van der Waals surface area contributed by atoms with Gasteiger partial charge in [0.2, 0.25) is 0 Å². The molecule has 0 spiro atoms. The van der Waals surface area contributed by atoms with Crippen LogP contribution in [0.5, 0.6) is 11.5 Å². The third-order valence-electron chi connectivity index (χ3n) is 6.30. The highest BCUT2D eigenvalue weighted by molar-refractivity contribution is 6.01. The molecule has 0 N–H and O–H groups in total. The summed E-state index contributed by atoms with van der Waals surface area (Å²) in [5.74, 6) is 1.30. The molecule has 194 valence electrons. The highest BCUT2D eigenvalue weighted by Gasteiger charge is 2.42. The molecule has 1 aliphatic rings. The smallest absolute Gasteiger partial charge is 0.306 e. The van der Waals surface area contributed by atoms with E-state index in [1.807, 2.05) is 86.6 Å². The predicted octanol–water partition coefficient (Wildman–Crippen LogP) is 5.22. The zero-order valence-electron chi connectivity index (χ0n) is 21.6. The number of aryl methyl sites for hydroxylation is 1. The van der Waals surface area contributed by atoms with E-state index in [4.69, 9.17) is 23.8 Å². The van der Waals surface area contributed by atoms with E-state index in [2.05, 4.69) is 5.16 Å². The quantitative estimate of drug-likeness (QED) is 0.192. The van der Waals surface area contributed by atoms with Crippen LogP contribution in [-0.4, -0.2) is 45.2 Å². The number of nitrogens with zero attached hydrogens (tertiary/aromatic N) is 1. The van der Waals surface area contributed by atoms with Gasteiger partial charge in [0, 0.05) is 5.56 Å². The first-order valence-corrected chi connectivity index (χ1v) is 12.4. The Labute approximate surface area is 217 Å². The van der Waals surface area contributed by atoms with Crippen LogP contribution in [-0.2, 0) is 31.1 Å². The minimum atomic E-state index is -0.312. The molecule has 3 aromatic rings. The van der Waals surface area contributed by atoms with Gasteiger partial charge in [-0.2, -0.15) is 0 Å². The largest absolute Gasteiger partial charge is 0.489 e. The predicted molar refractivity (Wildman–Crippen MR) is 141 cm³/mol. The van der Waals surface area contributed by atoms with Crippen LogP contribution in [0.15, 0.2) is 78.0 Å². The number of hydrogen-bond acceptors (Lipinski definition) is 7. The molecule has 4 rings (SSSR count). The lowest BCUT2D eigenvalue weighted by Gasteiger charge is -2.41. The normalized spacial score (nSPS) is 14.4. The summed E-state index contributed by atoms with van der Waals surface area (Å²) >= 11 is 0. The molecular formula is C30H33NO6. The second kappa shape index (κ2) is 12.4. The highest BCUT2D eigenvalue weighted by Crippen LogP contribution is 2.37. The fraction of sp³-hybridized carbons (Fsp3) is 0.333. The van der Waals surface area contributed by atoms with Gasteiger partial charge in [-0.05, 0) is 49.2 Å². The molecule has 3 aromatic carbocycles. The lowest BCUT2D eigenvalue weighted by Crippen LogP contribution is -2.48. The van der Waals surface area contributed by atoms with Crippen LogP contribution < -0.4 is 9.47 Å². The standard InChI is InChI=1S/C30H33NO6/c1-4-35-29(32)17-30(20-34-21-30)25-11-15-27(16-12-25)36-18-23-7-13-26(14-8-23)37-19-28(31-33-3)24-9-5-22(2)6-10-24/h5-16H,4,17-21H2,1-3H3. The molecule has 0 atom stereocenters. The Morgan fingerprint density at radius 3 is 2.16 bits per heavy atom. The first-order valence-electron chi connectivity index (χ1n) is 12.4. The van der Waals surface area contributed by atoms with Crippen LogP contribution >= 0.6 is 0 Å². The van der Waals surface area contributed by atoms with Crippen molar-refractivity contribution in [1.82, 2.24) is 0 Å². The summed E-state index contributed by atoms with van der Waals surface area (Å²) in [5, 5.41) is 4.11. The molecule has 37 heavy (non-hydrogen) atoms. The molecule has 1 fully saturated rings. The Hall–Kier alpha value is -3.84. The average molecular weight is 504 g/mol. The van der Waals surface area contributed by atoms with Crippen molar-refractivity contribution < 1.29 is 28.6 Å². The van der Waals surface area contributed by atoms with E-state index in [-0.39, 0.29) is 11.4 Å². The lowest BCUT2D eigenvalue weighted by molar-refractivity contribution is -0.151. The SMILES string of the molecule is CCOC(=O)CC1(c2ccc(OCc3ccc(OCC(=NOC)c4ccc(C)cc4)cc3)cc2)COC1. The maximum atomic E-state index is 12.0. The average Bonchev–Trinajstić information content (AvgIpc) is 2.89. The number of esters is 1. The van der Waals surface area contributed by atoms with Crippen molar-refractivity contribution in [2.75, 3.05) is 33.5 Å². The van der Waals surface area contributed by atoms with Crippen molar-refractivity contribution >= 4 is 11.7 Å². The molecule has 0 amide bonds. The molecule has 1 heterocycles. The summed E-state index contributed by atoms with van der Waals surface area (Å²) < 4.78 is 22.5. The third-order valence-corrected chi connectivity index (χ3v) is 6.30. The lowest BCUT2D eigenvalue weighted by atomic mass is 9.76. The van der Waals surface area contributed by atoms with Crippen LogP contribution in [0.4, 0.5) is 0 Å². The molecule has 7 heteroatoms. The summed E-state index contributed by atoms with van der Waals surface area (Å²) in [5.41, 5.74) is 4.63. The van der Waals surface area contributed by atoms with Gasteiger partial charge in [-0.25, -0.2) is 0 Å². The zero-order chi connectivity index (χ0) is 26.1. The molecule has 0 radical (unpaired) electrons. The van der Waals surface area contributed by atoms with Crippen LogP contribution in [0.2, 0.25) is 0 Å². The number of benzene rings is 3. The fourth-order valence-corrected chi connectivity index (χ4v) is 4.13. The number of carbonyl (C=O) groups is 1. The van der Waals surface area contributed by atoms with Gasteiger partial charge in [0.15, 0.2) is 0 Å². The van der Waals surface area contributed by atoms with Crippen molar-refractivity contribution in [3.63, 3.8) is 0 Å². The molecule has 0 unspecified atom stereocenters. The van der Waals surface area contributed by atoms with Crippen LogP contribution in [0.3, 0.4) is 0 Å². The summed E-state index contributed by atoms with van der Waals surface area (Å²) in [7, 11) is 1.53. The second-order valence-electron chi connectivity index (χ2n) is 9.09. The minimum Gasteiger partial charge on any atom is -0.489 e. The van der Waals surface area contributed by atoms with Crippen LogP contribution in [0.1, 0.15) is 35.6 Å². The number of rotatable bonds is 12. The summed E-state index contributed by atoms with van der Waals surface area (Å²) in [4.78, 5) is 17.0. The van der Waals surface area contributed by atoms with Crippen molar-refractivity contribution in [2.24, 2.45) is 5.16 Å². The zero-order valence-corrected chi connectivity index (χ0v) is 21.6. The summed E-state index contributed by atoms with van der Waals surface area (Å²) in [6, 6.07) is 23.7. The van der Waals surface area contributed by atoms with E-state index in [1.165, 1.54) is 12.7 Å². The maximum Gasteiger partial charge on any atom is 0.306 e. The molecule has 1 aliphatic heterocycles. The third kappa shape index (κ3) is 6.89. The Kier molecular flexibility index (Phi) is 8.80. The molecule has 7 nitrogen and oxygen atoms in total. The van der Waals surface area contributed by atoms with Crippen molar-refractivity contribution in [1.29, 1.82) is 0 Å². The van der Waals surface area contributed by atoms with E-state index < -0.39 is 0 Å². The Bertz CT molecular complexity index is 1180. The molecule has 0 bridgehead atoms. The van der Waals surface area contributed by atoms with Crippen molar-refractivity contribution in [2.45, 2.75) is 32.3 Å². The second-order valence-corrected chi connectivity index (χ2v) is 9.09. The number of ether oxygens (including phenoxy) is 4. The highest BCUT2D eigenvalue weighted by atomic mass is 16.6. The Morgan fingerprint density at radius 1 is 0.919 bits per heavy atom. The molecular weight excluding hydrogens is 470 g/mol. The van der Waals surface area contributed by atoms with Crippen molar-refractivity contribution in [3.8, 4) is 11.5 Å². The topological polar surface area (TPSA) is 75.6 Å². The van der Waals surface area contributed by atoms with Gasteiger partial charge in [-0.15, -0.1) is 0 Å². The first-order chi connectivity index (χ1) is 18.0. The number of carbonyl (C=O) groups excluding carboxylic acids is 1. The monoisotopic (exact) mass is 503 g/mol. The summed E-state index contributed by atoms with van der Waals surface area (Å²) in [6.07, 6.45) is 0.319. The van der Waals surface area contributed by atoms with Crippen molar-refractivity contribution in [3.05, 3.63) is 95.1 Å². The van der Waals surface area contributed by atoms with E-state index in [1.54, 1.807) is 0 Å². The van der Waals surface area contributed by atoms with E-state index in [0.29, 0.717) is 39.5 Å². The Balaban J connectivity index is 1.29. The maximum absolute atomic E-state index is 12.0. The van der Waals surface area contributed by atoms with Crippen LogP contribution in [0, 0.1) is 6.92 Å². The molecule has 0 aliphatic carbocycles. The Morgan fingerprint density at radius 2 is 1.57 bits per heavy atom. The van der Waals surface area contributed by atoms with E-state index in [0.717, 1.165) is 33.9 Å². The van der Waals surface area contributed by atoms with E-state index >= 15 is 0 Å².